The van der Waals surface area contributed by atoms with Gasteiger partial charge >= 0.3 is 0 Å². The first kappa shape index (κ1) is 18.9. The molecule has 0 aliphatic rings. The molecular weight excluding hydrogens is 306 g/mol. The van der Waals surface area contributed by atoms with Crippen molar-refractivity contribution < 1.29 is 9.59 Å². The molecule has 0 saturated heterocycles. The van der Waals surface area contributed by atoms with Crippen molar-refractivity contribution in [3.05, 3.63) is 30.1 Å². The lowest BCUT2D eigenvalue weighted by Gasteiger charge is -2.31. The molecule has 6 heteroatoms. The first-order chi connectivity index (χ1) is 10.5. The van der Waals surface area contributed by atoms with Gasteiger partial charge in [0.05, 0.1) is 0 Å². The second-order valence-corrected chi connectivity index (χ2v) is 12.0. The van der Waals surface area contributed by atoms with Gasteiger partial charge in [-0.05, 0) is 17.2 Å². The van der Waals surface area contributed by atoms with E-state index in [1.54, 1.807) is 12.1 Å². The number of nitrogens with two attached hydrogens (primary N) is 1. The predicted molar refractivity (Wildman–Crippen MR) is 94.3 cm³/mol. The van der Waals surface area contributed by atoms with Crippen LogP contribution in [0.15, 0.2) is 24.5 Å². The number of amides is 2. The summed E-state index contributed by atoms with van der Waals surface area (Å²) in [7, 11) is -1.74. The van der Waals surface area contributed by atoms with Crippen LogP contribution in [-0.4, -0.2) is 30.9 Å². The van der Waals surface area contributed by atoms with Crippen molar-refractivity contribution in [2.24, 2.45) is 5.73 Å². The Balaban J connectivity index is 2.79. The van der Waals surface area contributed by atoms with E-state index in [0.717, 1.165) is 0 Å². The Kier molecular flexibility index (Phi) is 6.10. The Morgan fingerprint density at radius 1 is 1.30 bits per heavy atom. The molecule has 0 aromatic carbocycles. The van der Waals surface area contributed by atoms with Crippen molar-refractivity contribution >= 4 is 19.9 Å². The van der Waals surface area contributed by atoms with E-state index in [4.69, 9.17) is 5.73 Å². The quantitative estimate of drug-likeness (QED) is 0.654. The number of primary amides is 1. The molecule has 0 bridgehead atoms. The minimum absolute atomic E-state index is 0.141. The van der Waals surface area contributed by atoms with Crippen LogP contribution < -0.4 is 11.1 Å². The normalized spacial score (nSPS) is 12.7. The zero-order valence-electron chi connectivity index (χ0n) is 14.4. The fourth-order valence-corrected chi connectivity index (χ4v) is 2.45. The number of aromatic nitrogens is 1. The van der Waals surface area contributed by atoms with Crippen LogP contribution in [0, 0.1) is 11.5 Å². The standard InChI is InChI=1S/C17H25N3O2Si/c1-17(2,3)23(4,5)12-6-7-14(15(18)21)20-16(22)13-8-10-19-11-9-13/h8-11,14H,7H2,1-5H3,(H2,18,21)(H,20,22)/t14-/m1/s1. The molecule has 23 heavy (non-hydrogen) atoms. The molecule has 1 aromatic heterocycles. The smallest absolute Gasteiger partial charge is 0.252 e. The van der Waals surface area contributed by atoms with Gasteiger partial charge in [0.15, 0.2) is 0 Å². The van der Waals surface area contributed by atoms with E-state index in [9.17, 15) is 9.59 Å². The van der Waals surface area contributed by atoms with Gasteiger partial charge < -0.3 is 11.1 Å². The lowest BCUT2D eigenvalue weighted by Crippen LogP contribution is -2.44. The number of carbonyl (C=O) groups excluding carboxylic acids is 2. The number of nitrogens with zero attached hydrogens (tertiary/aromatic N) is 1. The molecule has 0 spiro atoms. The van der Waals surface area contributed by atoms with Crippen molar-refractivity contribution in [1.82, 2.24) is 10.3 Å². The van der Waals surface area contributed by atoms with Crippen LogP contribution in [0.4, 0.5) is 0 Å². The van der Waals surface area contributed by atoms with Crippen molar-refractivity contribution in [3.8, 4) is 11.5 Å². The molecule has 1 aromatic rings. The van der Waals surface area contributed by atoms with Gasteiger partial charge in [0.25, 0.3) is 5.91 Å². The van der Waals surface area contributed by atoms with E-state index in [2.05, 4.69) is 55.6 Å². The number of hydrogen-bond donors (Lipinski definition) is 2. The lowest BCUT2D eigenvalue weighted by atomic mass is 10.1. The Labute approximate surface area is 139 Å². The van der Waals surface area contributed by atoms with Crippen molar-refractivity contribution in [2.45, 2.75) is 51.4 Å². The summed E-state index contributed by atoms with van der Waals surface area (Å²) in [5, 5.41) is 2.77. The van der Waals surface area contributed by atoms with Gasteiger partial charge in [0.2, 0.25) is 5.91 Å². The van der Waals surface area contributed by atoms with Gasteiger partial charge in [-0.3, -0.25) is 14.6 Å². The summed E-state index contributed by atoms with van der Waals surface area (Å²) in [5.74, 6) is 2.11. The highest BCUT2D eigenvalue weighted by Crippen LogP contribution is 2.35. The Morgan fingerprint density at radius 2 is 1.87 bits per heavy atom. The Morgan fingerprint density at radius 3 is 2.35 bits per heavy atom. The van der Waals surface area contributed by atoms with Crippen molar-refractivity contribution in [3.63, 3.8) is 0 Å². The number of nitrogens with one attached hydrogen (secondary N) is 1. The molecule has 0 unspecified atom stereocenters. The molecule has 0 fully saturated rings. The zero-order valence-corrected chi connectivity index (χ0v) is 15.4. The van der Waals surface area contributed by atoms with E-state index in [-0.39, 0.29) is 17.4 Å². The van der Waals surface area contributed by atoms with Crippen molar-refractivity contribution in [2.75, 3.05) is 0 Å². The van der Waals surface area contributed by atoms with Crippen LogP contribution in [0.2, 0.25) is 18.1 Å². The third kappa shape index (κ3) is 5.53. The van der Waals surface area contributed by atoms with Crippen LogP contribution in [0.25, 0.3) is 0 Å². The minimum Gasteiger partial charge on any atom is -0.368 e. The Bertz CT molecular complexity index is 625. The first-order valence-electron chi connectivity index (χ1n) is 7.55. The number of hydrogen-bond acceptors (Lipinski definition) is 3. The molecular formula is C17H25N3O2Si. The molecule has 0 aliphatic heterocycles. The van der Waals surface area contributed by atoms with Crippen LogP contribution in [-0.2, 0) is 4.79 Å². The van der Waals surface area contributed by atoms with Crippen LogP contribution >= 0.6 is 0 Å². The molecule has 1 heterocycles. The van der Waals surface area contributed by atoms with Crippen LogP contribution in [0.3, 0.4) is 0 Å². The van der Waals surface area contributed by atoms with Gasteiger partial charge in [0, 0.05) is 24.4 Å². The lowest BCUT2D eigenvalue weighted by molar-refractivity contribution is -0.119. The third-order valence-corrected chi connectivity index (χ3v) is 8.73. The SMILES string of the molecule is CC(C)(C)[Si](C)(C)C#CC[C@@H](NC(=O)c1ccncc1)C(N)=O. The van der Waals surface area contributed by atoms with Gasteiger partial charge in [-0.25, -0.2) is 0 Å². The van der Waals surface area contributed by atoms with Gasteiger partial charge in [-0.1, -0.05) is 33.9 Å². The zero-order chi connectivity index (χ0) is 17.7. The largest absolute Gasteiger partial charge is 0.368 e. The molecule has 1 rings (SSSR count). The third-order valence-electron chi connectivity index (χ3n) is 4.17. The van der Waals surface area contributed by atoms with E-state index in [1.165, 1.54) is 12.4 Å². The molecule has 0 saturated carbocycles. The maximum atomic E-state index is 12.1. The summed E-state index contributed by atoms with van der Waals surface area (Å²) in [5.41, 5.74) is 9.13. The molecule has 5 nitrogen and oxygen atoms in total. The van der Waals surface area contributed by atoms with Gasteiger partial charge in [-0.15, -0.1) is 11.5 Å². The van der Waals surface area contributed by atoms with Gasteiger partial charge in [-0.2, -0.15) is 0 Å². The highest BCUT2D eigenvalue weighted by Gasteiger charge is 2.33. The maximum Gasteiger partial charge on any atom is 0.252 e. The van der Waals surface area contributed by atoms with Crippen LogP contribution in [0.5, 0.6) is 0 Å². The average molecular weight is 331 g/mol. The van der Waals surface area contributed by atoms with E-state index >= 15 is 0 Å². The topological polar surface area (TPSA) is 85.1 Å². The Hall–Kier alpha value is -2.13. The summed E-state index contributed by atoms with van der Waals surface area (Å²) >= 11 is 0. The summed E-state index contributed by atoms with van der Waals surface area (Å²) < 4.78 is 0. The molecule has 1 atom stereocenters. The second-order valence-electron chi connectivity index (χ2n) is 7.05. The minimum atomic E-state index is -1.74. The maximum absolute atomic E-state index is 12.1. The summed E-state index contributed by atoms with van der Waals surface area (Å²) in [6.07, 6.45) is 3.26. The molecule has 124 valence electrons. The number of carbonyl (C=O) groups is 2. The average Bonchev–Trinajstić information content (AvgIpc) is 2.45. The van der Waals surface area contributed by atoms with Crippen LogP contribution in [0.1, 0.15) is 37.6 Å². The van der Waals surface area contributed by atoms with E-state index < -0.39 is 20.0 Å². The first-order valence-corrected chi connectivity index (χ1v) is 10.5. The summed E-state index contributed by atoms with van der Waals surface area (Å²) in [6, 6.07) is 2.36. The van der Waals surface area contributed by atoms with E-state index in [0.29, 0.717) is 5.56 Å². The second kappa shape index (κ2) is 7.42. The highest BCUT2D eigenvalue weighted by molar-refractivity contribution is 6.87. The fourth-order valence-electron chi connectivity index (χ4n) is 1.53. The summed E-state index contributed by atoms with van der Waals surface area (Å²) in [4.78, 5) is 27.5. The molecule has 0 radical (unpaired) electrons. The summed E-state index contributed by atoms with van der Waals surface area (Å²) in [6.45, 7) is 10.9. The van der Waals surface area contributed by atoms with Crippen molar-refractivity contribution in [1.29, 1.82) is 0 Å². The fraction of sp³-hybridized carbons (Fsp3) is 0.471. The number of rotatable bonds is 4. The monoisotopic (exact) mass is 331 g/mol. The predicted octanol–water partition coefficient (Wildman–Crippen LogP) is 2.11. The molecule has 0 aliphatic carbocycles. The van der Waals surface area contributed by atoms with E-state index in [1.807, 2.05) is 0 Å². The highest BCUT2D eigenvalue weighted by atomic mass is 28.3. The molecule has 2 amide bonds. The molecule has 3 N–H and O–H groups in total. The number of pyridine rings is 1. The van der Waals surface area contributed by atoms with Gasteiger partial charge in [0.1, 0.15) is 14.1 Å².